The van der Waals surface area contributed by atoms with Crippen LogP contribution in [0, 0.1) is 23.6 Å². The van der Waals surface area contributed by atoms with E-state index < -0.39 is 0 Å². The maximum atomic E-state index is 13.4. The van der Waals surface area contributed by atoms with E-state index in [9.17, 15) is 14.3 Å². The number of aromatic nitrogens is 1. The van der Waals surface area contributed by atoms with Crippen molar-refractivity contribution in [3.8, 4) is 17.7 Å². The van der Waals surface area contributed by atoms with Crippen LogP contribution in [0.3, 0.4) is 0 Å². The Morgan fingerprint density at radius 3 is 2.79 bits per heavy atom. The number of aliphatic hydroxyl groups is 1. The number of rotatable bonds is 7. The Labute approximate surface area is 200 Å². The number of aliphatic hydroxyl groups excluding tert-OH is 1. The van der Waals surface area contributed by atoms with Gasteiger partial charge >= 0.3 is 0 Å². The molecule has 0 bridgehead atoms. The Bertz CT molecular complexity index is 1030. The van der Waals surface area contributed by atoms with Gasteiger partial charge in [-0.05, 0) is 37.7 Å². The maximum absolute atomic E-state index is 13.4. The molecule has 8 heteroatoms. The van der Waals surface area contributed by atoms with Crippen molar-refractivity contribution in [1.29, 1.82) is 0 Å². The lowest BCUT2D eigenvalue weighted by Gasteiger charge is -2.37. The molecule has 34 heavy (non-hydrogen) atoms. The van der Waals surface area contributed by atoms with E-state index in [0.717, 1.165) is 5.56 Å². The average molecular weight is 470 g/mol. The summed E-state index contributed by atoms with van der Waals surface area (Å²) in [5.74, 6) is 5.53. The fraction of sp³-hybridized carbons (Fsp3) is 0.462. The molecular formula is C26H32FN3O4. The maximum Gasteiger partial charge on any atom is 0.259 e. The molecule has 0 saturated heterocycles. The van der Waals surface area contributed by atoms with Gasteiger partial charge in [-0.1, -0.05) is 30.9 Å². The zero-order valence-corrected chi connectivity index (χ0v) is 20.1. The molecule has 182 valence electrons. The molecule has 1 aliphatic rings. The number of nitrogens with zero attached hydrogens (tertiary/aromatic N) is 3. The number of pyridine rings is 1. The molecule has 0 aliphatic carbocycles. The first-order valence-corrected chi connectivity index (χ1v) is 11.3. The lowest BCUT2D eigenvalue weighted by Crippen LogP contribution is -2.49. The van der Waals surface area contributed by atoms with Crippen LogP contribution in [0.4, 0.5) is 4.39 Å². The minimum atomic E-state index is -0.360. The quantitative estimate of drug-likeness (QED) is 0.629. The highest BCUT2D eigenvalue weighted by molar-refractivity contribution is 5.97. The van der Waals surface area contributed by atoms with Gasteiger partial charge in [0.25, 0.3) is 5.91 Å². The first-order chi connectivity index (χ1) is 16.3. The van der Waals surface area contributed by atoms with Crippen LogP contribution in [0.5, 0.6) is 5.88 Å². The third kappa shape index (κ3) is 6.54. The standard InChI is InChI=1S/C26H32FN3O4/c1-18-14-30(19(2)17-31)26(32)23-12-21(6-5-11-33-4)13-28-25(23)34-24(18)16-29(3)15-20-7-9-22(27)10-8-20/h7-10,12-13,18-19,24,31H,11,14-17H2,1-4H3/t18-,19-,24+/m0/s1. The minimum Gasteiger partial charge on any atom is -0.472 e. The summed E-state index contributed by atoms with van der Waals surface area (Å²) in [5, 5.41) is 9.78. The molecule has 1 aromatic heterocycles. The zero-order chi connectivity index (χ0) is 24.7. The van der Waals surface area contributed by atoms with Crippen molar-refractivity contribution in [2.24, 2.45) is 5.92 Å². The van der Waals surface area contributed by atoms with Crippen molar-refractivity contribution in [3.63, 3.8) is 0 Å². The molecule has 0 fully saturated rings. The third-order valence-corrected chi connectivity index (χ3v) is 5.83. The van der Waals surface area contributed by atoms with Crippen LogP contribution in [0.1, 0.15) is 35.3 Å². The van der Waals surface area contributed by atoms with Gasteiger partial charge in [-0.2, -0.15) is 0 Å². The summed E-state index contributed by atoms with van der Waals surface area (Å²) in [5.41, 5.74) is 1.90. The number of fused-ring (bicyclic) bond motifs is 1. The first-order valence-electron chi connectivity index (χ1n) is 11.3. The molecule has 7 nitrogen and oxygen atoms in total. The van der Waals surface area contributed by atoms with Crippen LogP contribution < -0.4 is 4.74 Å². The molecule has 2 aromatic rings. The average Bonchev–Trinajstić information content (AvgIpc) is 2.82. The van der Waals surface area contributed by atoms with E-state index in [2.05, 4.69) is 21.7 Å². The van der Waals surface area contributed by atoms with Crippen molar-refractivity contribution in [1.82, 2.24) is 14.8 Å². The van der Waals surface area contributed by atoms with Gasteiger partial charge < -0.3 is 19.5 Å². The number of likely N-dealkylation sites (N-methyl/N-ethyl adjacent to an activating group) is 1. The molecule has 1 aliphatic heterocycles. The first kappa shape index (κ1) is 25.6. The Balaban J connectivity index is 1.88. The van der Waals surface area contributed by atoms with Gasteiger partial charge in [0.05, 0.1) is 12.6 Å². The fourth-order valence-electron chi connectivity index (χ4n) is 3.87. The van der Waals surface area contributed by atoms with Gasteiger partial charge in [-0.15, -0.1) is 0 Å². The van der Waals surface area contributed by atoms with Crippen molar-refractivity contribution in [2.45, 2.75) is 32.5 Å². The topological polar surface area (TPSA) is 75.1 Å². The van der Waals surface area contributed by atoms with Gasteiger partial charge in [0.15, 0.2) is 0 Å². The second-order valence-electron chi connectivity index (χ2n) is 8.76. The number of methoxy groups -OCH3 is 1. The molecular weight excluding hydrogens is 437 g/mol. The van der Waals surface area contributed by atoms with E-state index in [1.807, 2.05) is 20.9 Å². The smallest absolute Gasteiger partial charge is 0.259 e. The molecule has 0 unspecified atom stereocenters. The summed E-state index contributed by atoms with van der Waals surface area (Å²) in [6.45, 7) is 5.59. The number of benzene rings is 1. The van der Waals surface area contributed by atoms with Crippen LogP contribution in [-0.2, 0) is 11.3 Å². The molecule has 0 saturated carbocycles. The Kier molecular flexibility index (Phi) is 8.99. The Morgan fingerprint density at radius 1 is 1.38 bits per heavy atom. The van der Waals surface area contributed by atoms with E-state index in [1.54, 1.807) is 36.4 Å². The van der Waals surface area contributed by atoms with Crippen LogP contribution in [0.25, 0.3) is 0 Å². The normalized spacial score (nSPS) is 18.9. The highest BCUT2D eigenvalue weighted by Crippen LogP contribution is 2.27. The number of carbonyl (C=O) groups excluding carboxylic acids is 1. The van der Waals surface area contributed by atoms with Crippen molar-refractivity contribution >= 4 is 5.91 Å². The van der Waals surface area contributed by atoms with Crippen LogP contribution in [0.2, 0.25) is 0 Å². The van der Waals surface area contributed by atoms with Gasteiger partial charge in [0.2, 0.25) is 5.88 Å². The molecule has 2 heterocycles. The lowest BCUT2D eigenvalue weighted by molar-refractivity contribution is 0.0325. The monoisotopic (exact) mass is 469 g/mol. The second-order valence-corrected chi connectivity index (χ2v) is 8.76. The summed E-state index contributed by atoms with van der Waals surface area (Å²) in [4.78, 5) is 21.6. The van der Waals surface area contributed by atoms with E-state index in [-0.39, 0.29) is 48.9 Å². The van der Waals surface area contributed by atoms with Crippen LogP contribution in [0.15, 0.2) is 36.5 Å². The zero-order valence-electron chi connectivity index (χ0n) is 20.1. The van der Waals surface area contributed by atoms with Crippen molar-refractivity contribution in [2.75, 3.05) is 40.5 Å². The number of hydrogen-bond donors (Lipinski definition) is 1. The summed E-state index contributed by atoms with van der Waals surface area (Å²) < 4.78 is 24.5. The summed E-state index contributed by atoms with van der Waals surface area (Å²) in [6.07, 6.45) is 1.32. The lowest BCUT2D eigenvalue weighted by atomic mass is 9.99. The SMILES string of the molecule is COCC#Cc1cnc2c(c1)C(=O)N([C@@H](C)CO)C[C@H](C)[C@@H](CN(C)Cc1ccc(F)cc1)O2. The molecule has 3 rings (SSSR count). The van der Waals surface area contributed by atoms with E-state index in [0.29, 0.717) is 30.8 Å². The van der Waals surface area contributed by atoms with E-state index in [4.69, 9.17) is 9.47 Å². The molecule has 3 atom stereocenters. The molecule has 1 aromatic carbocycles. The van der Waals surface area contributed by atoms with Gasteiger partial charge in [-0.3, -0.25) is 9.69 Å². The van der Waals surface area contributed by atoms with E-state index >= 15 is 0 Å². The van der Waals surface area contributed by atoms with E-state index in [1.165, 1.54) is 12.1 Å². The predicted molar refractivity (Wildman–Crippen MR) is 127 cm³/mol. The number of carbonyl (C=O) groups is 1. The Morgan fingerprint density at radius 2 is 2.12 bits per heavy atom. The van der Waals surface area contributed by atoms with Gasteiger partial charge in [0, 0.05) is 44.4 Å². The number of halogens is 1. The minimum absolute atomic E-state index is 0.0234. The second kappa shape index (κ2) is 11.9. The van der Waals surface area contributed by atoms with Gasteiger partial charge in [0.1, 0.15) is 24.1 Å². The van der Waals surface area contributed by atoms with Crippen molar-refractivity contribution < 1.29 is 23.8 Å². The summed E-state index contributed by atoms with van der Waals surface area (Å²) in [7, 11) is 3.54. The van der Waals surface area contributed by atoms with Crippen LogP contribution in [-0.4, -0.2) is 78.4 Å². The Hall–Kier alpha value is -2.99. The third-order valence-electron chi connectivity index (χ3n) is 5.83. The van der Waals surface area contributed by atoms with Crippen LogP contribution >= 0.6 is 0 Å². The number of ether oxygens (including phenoxy) is 2. The van der Waals surface area contributed by atoms with Gasteiger partial charge in [-0.25, -0.2) is 9.37 Å². The molecule has 1 N–H and O–H groups in total. The number of hydrogen-bond acceptors (Lipinski definition) is 6. The highest BCUT2D eigenvalue weighted by atomic mass is 19.1. The summed E-state index contributed by atoms with van der Waals surface area (Å²) in [6, 6.07) is 7.75. The highest BCUT2D eigenvalue weighted by Gasteiger charge is 2.34. The molecule has 1 amide bonds. The summed E-state index contributed by atoms with van der Waals surface area (Å²) >= 11 is 0. The molecule has 0 radical (unpaired) electrons. The predicted octanol–water partition coefficient (Wildman–Crippen LogP) is 2.57. The molecule has 0 spiro atoms. The largest absolute Gasteiger partial charge is 0.472 e. The van der Waals surface area contributed by atoms with Crippen molar-refractivity contribution in [3.05, 3.63) is 59.0 Å². The fourth-order valence-corrected chi connectivity index (χ4v) is 3.87. The number of amides is 1.